The van der Waals surface area contributed by atoms with Gasteiger partial charge in [0.05, 0.1) is 11.0 Å². The summed E-state index contributed by atoms with van der Waals surface area (Å²) in [6, 6.07) is 7.72. The number of carbonyl (C=O) groups excluding carboxylic acids is 1. The number of hydrogen-bond acceptors (Lipinski definition) is 5. The highest BCUT2D eigenvalue weighted by Crippen LogP contribution is 2.18. The van der Waals surface area contributed by atoms with Gasteiger partial charge < -0.3 is 16.4 Å². The summed E-state index contributed by atoms with van der Waals surface area (Å²) < 4.78 is 0. The van der Waals surface area contributed by atoms with Crippen molar-refractivity contribution in [2.24, 2.45) is 0 Å². The summed E-state index contributed by atoms with van der Waals surface area (Å²) in [5, 5.41) is 6.04. The fourth-order valence-electron chi connectivity index (χ4n) is 2.19. The molecule has 4 N–H and O–H groups in total. The minimum atomic E-state index is 0.101. The second-order valence-electron chi connectivity index (χ2n) is 4.63. The number of nitrogens with two attached hydrogens (primary N) is 1. The molecule has 1 aliphatic heterocycles. The lowest BCUT2D eigenvalue weighted by molar-refractivity contribution is -0.119. The second-order valence-corrected chi connectivity index (χ2v) is 4.63. The van der Waals surface area contributed by atoms with Crippen LogP contribution in [0, 0.1) is 0 Å². The third kappa shape index (κ3) is 2.42. The number of hydrogen-bond donors (Lipinski definition) is 3. The van der Waals surface area contributed by atoms with Crippen LogP contribution in [0.1, 0.15) is 12.8 Å². The number of para-hydroxylation sites is 2. The van der Waals surface area contributed by atoms with Crippen LogP contribution in [0.25, 0.3) is 11.0 Å². The van der Waals surface area contributed by atoms with Crippen LogP contribution < -0.4 is 16.4 Å². The van der Waals surface area contributed by atoms with Gasteiger partial charge in [-0.25, -0.2) is 9.97 Å². The first-order valence-corrected chi connectivity index (χ1v) is 6.28. The molecule has 0 spiro atoms. The standard InChI is InChI=1S/C13H15N5O/c14-12-13(15-7-8-5-6-11(19)16-8)18-10-4-2-1-3-9(10)17-12/h1-4,8H,5-7H2,(H2,14,17)(H,15,18)(H,16,19). The second kappa shape index (κ2) is 4.72. The van der Waals surface area contributed by atoms with Crippen LogP contribution in [0.4, 0.5) is 11.6 Å². The molecule has 98 valence electrons. The smallest absolute Gasteiger partial charge is 0.220 e. The molecule has 0 aliphatic carbocycles. The maximum absolute atomic E-state index is 11.1. The number of nitrogens with one attached hydrogen (secondary N) is 2. The van der Waals surface area contributed by atoms with Crippen molar-refractivity contribution in [1.82, 2.24) is 15.3 Å². The minimum Gasteiger partial charge on any atom is -0.381 e. The van der Waals surface area contributed by atoms with Crippen molar-refractivity contribution in [1.29, 1.82) is 0 Å². The molecule has 1 amide bonds. The summed E-state index contributed by atoms with van der Waals surface area (Å²) in [4.78, 5) is 19.9. The molecule has 1 aromatic heterocycles. The SMILES string of the molecule is Nc1nc2ccccc2nc1NCC1CCC(=O)N1. The normalized spacial score (nSPS) is 18.5. The first-order valence-electron chi connectivity index (χ1n) is 6.28. The molecule has 0 saturated carbocycles. The molecule has 1 unspecified atom stereocenters. The van der Waals surface area contributed by atoms with E-state index in [1.54, 1.807) is 0 Å². The van der Waals surface area contributed by atoms with Crippen molar-refractivity contribution in [2.75, 3.05) is 17.6 Å². The number of anilines is 2. The number of nitrogens with zero attached hydrogens (tertiary/aromatic N) is 2. The number of amides is 1. The first-order chi connectivity index (χ1) is 9.22. The third-order valence-electron chi connectivity index (χ3n) is 3.20. The van der Waals surface area contributed by atoms with Crippen molar-refractivity contribution in [2.45, 2.75) is 18.9 Å². The van der Waals surface area contributed by atoms with Crippen LogP contribution in [0.15, 0.2) is 24.3 Å². The Morgan fingerprint density at radius 3 is 2.74 bits per heavy atom. The summed E-state index contributed by atoms with van der Waals surface area (Å²) in [6.45, 7) is 0.614. The van der Waals surface area contributed by atoms with Crippen LogP contribution in [0.5, 0.6) is 0 Å². The van der Waals surface area contributed by atoms with Gasteiger partial charge in [-0.05, 0) is 18.6 Å². The van der Waals surface area contributed by atoms with Crippen LogP contribution in [-0.4, -0.2) is 28.5 Å². The zero-order chi connectivity index (χ0) is 13.2. The van der Waals surface area contributed by atoms with Gasteiger partial charge in [0.2, 0.25) is 5.91 Å². The Balaban J connectivity index is 1.77. The van der Waals surface area contributed by atoms with E-state index < -0.39 is 0 Å². The predicted octanol–water partition coefficient (Wildman–Crippen LogP) is 0.902. The van der Waals surface area contributed by atoms with E-state index in [0.29, 0.717) is 24.6 Å². The molecule has 6 nitrogen and oxygen atoms in total. The van der Waals surface area contributed by atoms with Crippen molar-refractivity contribution in [3.05, 3.63) is 24.3 Å². The van der Waals surface area contributed by atoms with Gasteiger partial charge in [-0.15, -0.1) is 0 Å². The number of benzene rings is 1. The van der Waals surface area contributed by atoms with E-state index in [9.17, 15) is 4.79 Å². The largest absolute Gasteiger partial charge is 0.381 e. The minimum absolute atomic E-state index is 0.101. The van der Waals surface area contributed by atoms with Crippen molar-refractivity contribution < 1.29 is 4.79 Å². The van der Waals surface area contributed by atoms with Gasteiger partial charge in [0.15, 0.2) is 11.6 Å². The van der Waals surface area contributed by atoms with Gasteiger partial charge >= 0.3 is 0 Å². The highest BCUT2D eigenvalue weighted by molar-refractivity contribution is 5.80. The Bertz CT molecular complexity index is 627. The van der Waals surface area contributed by atoms with E-state index in [1.165, 1.54) is 0 Å². The molecule has 1 saturated heterocycles. The van der Waals surface area contributed by atoms with Crippen molar-refractivity contribution in [3.63, 3.8) is 0 Å². The topological polar surface area (TPSA) is 92.9 Å². The molecular formula is C13H15N5O. The summed E-state index contributed by atoms with van der Waals surface area (Å²) in [7, 11) is 0. The maximum atomic E-state index is 11.1. The molecule has 19 heavy (non-hydrogen) atoms. The average molecular weight is 257 g/mol. The summed E-state index contributed by atoms with van der Waals surface area (Å²) >= 11 is 0. The lowest BCUT2D eigenvalue weighted by Crippen LogP contribution is -2.32. The van der Waals surface area contributed by atoms with E-state index in [1.807, 2.05) is 24.3 Å². The van der Waals surface area contributed by atoms with Gasteiger partial charge in [0, 0.05) is 19.0 Å². The van der Waals surface area contributed by atoms with Gasteiger partial charge in [-0.1, -0.05) is 12.1 Å². The van der Waals surface area contributed by atoms with Crippen LogP contribution in [-0.2, 0) is 4.79 Å². The number of fused-ring (bicyclic) bond motifs is 1. The maximum Gasteiger partial charge on any atom is 0.220 e. The number of nitrogen functional groups attached to an aromatic ring is 1. The van der Waals surface area contributed by atoms with E-state index in [2.05, 4.69) is 20.6 Å². The highest BCUT2D eigenvalue weighted by Gasteiger charge is 2.20. The quantitative estimate of drug-likeness (QED) is 0.759. The summed E-state index contributed by atoms with van der Waals surface area (Å²) in [5.74, 6) is 1.05. The lowest BCUT2D eigenvalue weighted by atomic mass is 10.2. The Kier molecular flexibility index (Phi) is 2.91. The molecule has 1 aromatic carbocycles. The monoisotopic (exact) mass is 257 g/mol. The molecule has 1 aliphatic rings. The Hall–Kier alpha value is -2.37. The molecule has 2 heterocycles. The Morgan fingerprint density at radius 1 is 1.32 bits per heavy atom. The van der Waals surface area contributed by atoms with E-state index >= 15 is 0 Å². The molecule has 1 fully saturated rings. The van der Waals surface area contributed by atoms with Crippen molar-refractivity contribution in [3.8, 4) is 0 Å². The zero-order valence-electron chi connectivity index (χ0n) is 10.4. The van der Waals surface area contributed by atoms with E-state index in [-0.39, 0.29) is 11.9 Å². The number of rotatable bonds is 3. The molecule has 0 radical (unpaired) electrons. The average Bonchev–Trinajstić information content (AvgIpc) is 2.82. The molecule has 6 heteroatoms. The molecule has 2 aromatic rings. The Labute approximate surface area is 110 Å². The van der Waals surface area contributed by atoms with Crippen LogP contribution >= 0.6 is 0 Å². The molecular weight excluding hydrogens is 242 g/mol. The molecule has 1 atom stereocenters. The summed E-state index contributed by atoms with van der Waals surface area (Å²) in [5.41, 5.74) is 7.45. The fourth-order valence-corrected chi connectivity index (χ4v) is 2.19. The van der Waals surface area contributed by atoms with Gasteiger partial charge in [-0.2, -0.15) is 0 Å². The number of aromatic nitrogens is 2. The fraction of sp³-hybridized carbons (Fsp3) is 0.308. The highest BCUT2D eigenvalue weighted by atomic mass is 16.1. The van der Waals surface area contributed by atoms with Gasteiger partial charge in [0.25, 0.3) is 0 Å². The number of carbonyl (C=O) groups is 1. The van der Waals surface area contributed by atoms with Crippen LogP contribution in [0.3, 0.4) is 0 Å². The third-order valence-corrected chi connectivity index (χ3v) is 3.20. The predicted molar refractivity (Wildman–Crippen MR) is 73.6 cm³/mol. The molecule has 0 bridgehead atoms. The van der Waals surface area contributed by atoms with Crippen LogP contribution in [0.2, 0.25) is 0 Å². The zero-order valence-corrected chi connectivity index (χ0v) is 10.4. The van der Waals surface area contributed by atoms with E-state index in [0.717, 1.165) is 17.5 Å². The molecule has 3 rings (SSSR count). The summed E-state index contributed by atoms with van der Waals surface area (Å²) in [6.07, 6.45) is 1.43. The Morgan fingerprint density at radius 2 is 2.05 bits per heavy atom. The first kappa shape index (κ1) is 11.7. The van der Waals surface area contributed by atoms with Gasteiger partial charge in [0.1, 0.15) is 0 Å². The lowest BCUT2D eigenvalue weighted by Gasteiger charge is -2.13. The van der Waals surface area contributed by atoms with Crippen molar-refractivity contribution >= 4 is 28.6 Å². The van der Waals surface area contributed by atoms with Gasteiger partial charge in [-0.3, -0.25) is 4.79 Å². The van der Waals surface area contributed by atoms with E-state index in [4.69, 9.17) is 5.73 Å².